The maximum Gasteiger partial charge on any atom is 0.306 e. The Bertz CT molecular complexity index is 1110. The lowest BCUT2D eigenvalue weighted by molar-refractivity contribution is -0.167. The second-order valence-corrected chi connectivity index (χ2v) is 18.1. The van der Waals surface area contributed by atoms with Crippen LogP contribution in [0.3, 0.4) is 0 Å². The normalized spacial score (nSPS) is 12.4. The number of allylic oxidation sites excluding steroid dienone is 8. The monoisotopic (exact) mass is 883 g/mol. The molecule has 63 heavy (non-hydrogen) atoms. The minimum atomic E-state index is -0.773. The first-order valence-corrected chi connectivity index (χ1v) is 27.1. The van der Waals surface area contributed by atoms with Crippen molar-refractivity contribution in [3.8, 4) is 0 Å². The van der Waals surface area contributed by atoms with Crippen molar-refractivity contribution in [2.45, 2.75) is 284 Å². The smallest absolute Gasteiger partial charge is 0.306 e. The van der Waals surface area contributed by atoms with Crippen LogP contribution in [-0.2, 0) is 28.6 Å². The van der Waals surface area contributed by atoms with E-state index in [9.17, 15) is 14.4 Å². The Labute approximate surface area is 390 Å². The van der Waals surface area contributed by atoms with Crippen LogP contribution in [0.2, 0.25) is 0 Å². The van der Waals surface area contributed by atoms with Crippen molar-refractivity contribution in [1.29, 1.82) is 0 Å². The summed E-state index contributed by atoms with van der Waals surface area (Å²) in [4.78, 5) is 37.9. The van der Waals surface area contributed by atoms with Gasteiger partial charge in [-0.3, -0.25) is 14.4 Å². The lowest BCUT2D eigenvalue weighted by Gasteiger charge is -2.18. The standard InChI is InChI=1S/C57H102O6/c1-4-7-10-13-16-18-20-22-24-26-28-30-32-34-36-38-41-44-47-50-56(59)62-53-54(52-61-55(58)49-46-43-40-15-12-9-6-3)63-57(60)51-48-45-42-39-37-35-33-31-29-27-25-23-21-19-17-14-11-8-5-2/h7,10,16,18,22,24,28,30,54H,4-6,8-9,11-15,17,19-21,23,25-27,29,31-53H2,1-3H3/b10-7-,18-16-,24-22-,30-28-. The quantitative estimate of drug-likeness (QED) is 0.0262. The Hall–Kier alpha value is -2.63. The second kappa shape index (κ2) is 52.0. The third-order valence-electron chi connectivity index (χ3n) is 11.8. The molecule has 0 aromatic carbocycles. The largest absolute Gasteiger partial charge is 0.462 e. The van der Waals surface area contributed by atoms with Crippen molar-refractivity contribution in [3.63, 3.8) is 0 Å². The van der Waals surface area contributed by atoms with E-state index in [-0.39, 0.29) is 31.1 Å². The van der Waals surface area contributed by atoms with E-state index in [0.717, 1.165) is 89.9 Å². The molecule has 1 atom stereocenters. The minimum absolute atomic E-state index is 0.0749. The highest BCUT2D eigenvalue weighted by atomic mass is 16.6. The number of unbranched alkanes of at least 4 members (excludes halogenated alkanes) is 30. The van der Waals surface area contributed by atoms with Crippen LogP contribution in [0, 0.1) is 0 Å². The molecule has 6 heteroatoms. The van der Waals surface area contributed by atoms with Gasteiger partial charge in [-0.05, 0) is 57.8 Å². The average molecular weight is 883 g/mol. The summed E-state index contributed by atoms with van der Waals surface area (Å²) in [5, 5.41) is 0. The van der Waals surface area contributed by atoms with Crippen LogP contribution < -0.4 is 0 Å². The summed E-state index contributed by atoms with van der Waals surface area (Å²) in [7, 11) is 0. The Morgan fingerprint density at radius 3 is 0.968 bits per heavy atom. The first kappa shape index (κ1) is 60.4. The molecule has 366 valence electrons. The Morgan fingerprint density at radius 1 is 0.333 bits per heavy atom. The van der Waals surface area contributed by atoms with Gasteiger partial charge in [0.1, 0.15) is 13.2 Å². The Kier molecular flexibility index (Phi) is 49.8. The van der Waals surface area contributed by atoms with Crippen LogP contribution in [0.1, 0.15) is 278 Å². The SMILES string of the molecule is CC/C=C\C/C=C\C/C=C\C/C=C\CCCCCCCCC(=O)OCC(COC(=O)CCCCCCCCC)OC(=O)CCCCCCCCCCCCCCCCCCCCC. The number of esters is 3. The van der Waals surface area contributed by atoms with Crippen LogP contribution in [0.5, 0.6) is 0 Å². The van der Waals surface area contributed by atoms with Crippen LogP contribution >= 0.6 is 0 Å². The predicted molar refractivity (Wildman–Crippen MR) is 270 cm³/mol. The zero-order chi connectivity index (χ0) is 45.8. The number of carbonyl (C=O) groups is 3. The zero-order valence-corrected chi connectivity index (χ0v) is 41.8. The Morgan fingerprint density at radius 2 is 0.619 bits per heavy atom. The van der Waals surface area contributed by atoms with Gasteiger partial charge >= 0.3 is 17.9 Å². The molecule has 0 bridgehead atoms. The molecule has 0 aromatic rings. The number of rotatable bonds is 49. The second-order valence-electron chi connectivity index (χ2n) is 18.1. The summed E-state index contributed by atoms with van der Waals surface area (Å²) in [6.07, 6.45) is 62.6. The highest BCUT2D eigenvalue weighted by molar-refractivity contribution is 5.71. The maximum atomic E-state index is 12.8. The molecule has 0 aliphatic carbocycles. The van der Waals surface area contributed by atoms with E-state index in [4.69, 9.17) is 14.2 Å². The zero-order valence-electron chi connectivity index (χ0n) is 41.8. The van der Waals surface area contributed by atoms with Crippen molar-refractivity contribution in [2.75, 3.05) is 13.2 Å². The van der Waals surface area contributed by atoms with Crippen molar-refractivity contribution in [1.82, 2.24) is 0 Å². The molecule has 0 aliphatic rings. The fraction of sp³-hybridized carbons (Fsp3) is 0.807. The summed E-state index contributed by atoms with van der Waals surface area (Å²) < 4.78 is 16.8. The number of carbonyl (C=O) groups excluding carboxylic acids is 3. The molecule has 0 radical (unpaired) electrons. The highest BCUT2D eigenvalue weighted by Crippen LogP contribution is 2.16. The van der Waals surface area contributed by atoms with E-state index < -0.39 is 6.10 Å². The van der Waals surface area contributed by atoms with Crippen LogP contribution in [-0.4, -0.2) is 37.2 Å². The van der Waals surface area contributed by atoms with Crippen molar-refractivity contribution < 1.29 is 28.6 Å². The first-order chi connectivity index (χ1) is 31.0. The van der Waals surface area contributed by atoms with E-state index in [2.05, 4.69) is 69.4 Å². The van der Waals surface area contributed by atoms with Gasteiger partial charge in [-0.25, -0.2) is 0 Å². The van der Waals surface area contributed by atoms with E-state index in [0.29, 0.717) is 19.3 Å². The molecule has 0 rings (SSSR count). The molecule has 0 aliphatic heterocycles. The summed E-state index contributed by atoms with van der Waals surface area (Å²) >= 11 is 0. The fourth-order valence-corrected chi connectivity index (χ4v) is 7.79. The minimum Gasteiger partial charge on any atom is -0.462 e. The Balaban J connectivity index is 4.22. The first-order valence-electron chi connectivity index (χ1n) is 27.1. The molecule has 1 unspecified atom stereocenters. The van der Waals surface area contributed by atoms with Crippen LogP contribution in [0.15, 0.2) is 48.6 Å². The molecular formula is C57H102O6. The topological polar surface area (TPSA) is 78.9 Å². The van der Waals surface area contributed by atoms with Crippen molar-refractivity contribution in [3.05, 3.63) is 48.6 Å². The van der Waals surface area contributed by atoms with E-state index in [1.807, 2.05) is 0 Å². The summed E-state index contributed by atoms with van der Waals surface area (Å²) in [6.45, 7) is 6.50. The molecule has 6 nitrogen and oxygen atoms in total. The van der Waals surface area contributed by atoms with E-state index in [1.165, 1.54) is 148 Å². The maximum absolute atomic E-state index is 12.8. The molecular weight excluding hydrogens is 781 g/mol. The predicted octanol–water partition coefficient (Wildman–Crippen LogP) is 17.9. The van der Waals surface area contributed by atoms with Gasteiger partial charge in [0.2, 0.25) is 0 Å². The molecule has 0 spiro atoms. The molecule has 0 aromatic heterocycles. The van der Waals surface area contributed by atoms with Gasteiger partial charge in [0.05, 0.1) is 0 Å². The fourth-order valence-electron chi connectivity index (χ4n) is 7.79. The highest BCUT2D eigenvalue weighted by Gasteiger charge is 2.19. The number of hydrogen-bond donors (Lipinski definition) is 0. The lowest BCUT2D eigenvalue weighted by atomic mass is 10.0. The number of hydrogen-bond acceptors (Lipinski definition) is 6. The van der Waals surface area contributed by atoms with Gasteiger partial charge in [-0.1, -0.05) is 249 Å². The molecule has 0 heterocycles. The van der Waals surface area contributed by atoms with Crippen LogP contribution in [0.4, 0.5) is 0 Å². The van der Waals surface area contributed by atoms with E-state index in [1.54, 1.807) is 0 Å². The van der Waals surface area contributed by atoms with Crippen molar-refractivity contribution >= 4 is 17.9 Å². The summed E-state index contributed by atoms with van der Waals surface area (Å²) in [5.74, 6) is -0.884. The van der Waals surface area contributed by atoms with Crippen molar-refractivity contribution in [2.24, 2.45) is 0 Å². The molecule has 0 saturated heterocycles. The van der Waals surface area contributed by atoms with Gasteiger partial charge in [-0.15, -0.1) is 0 Å². The van der Waals surface area contributed by atoms with E-state index >= 15 is 0 Å². The molecule has 0 amide bonds. The summed E-state index contributed by atoms with van der Waals surface area (Å²) in [5.41, 5.74) is 0. The third kappa shape index (κ3) is 50.2. The summed E-state index contributed by atoms with van der Waals surface area (Å²) in [6, 6.07) is 0. The lowest BCUT2D eigenvalue weighted by Crippen LogP contribution is -2.30. The van der Waals surface area contributed by atoms with Gasteiger partial charge in [0.15, 0.2) is 6.10 Å². The molecule has 0 saturated carbocycles. The van der Waals surface area contributed by atoms with Gasteiger partial charge < -0.3 is 14.2 Å². The molecule has 0 fully saturated rings. The number of ether oxygens (including phenoxy) is 3. The van der Waals surface area contributed by atoms with Gasteiger partial charge in [0, 0.05) is 19.3 Å². The molecule has 0 N–H and O–H groups in total. The average Bonchev–Trinajstić information content (AvgIpc) is 3.28. The van der Waals surface area contributed by atoms with Gasteiger partial charge in [-0.2, -0.15) is 0 Å². The third-order valence-corrected chi connectivity index (χ3v) is 11.8. The van der Waals surface area contributed by atoms with Crippen LogP contribution in [0.25, 0.3) is 0 Å². The van der Waals surface area contributed by atoms with Gasteiger partial charge in [0.25, 0.3) is 0 Å².